The van der Waals surface area contributed by atoms with Crippen molar-refractivity contribution in [1.29, 1.82) is 0 Å². The SMILES string of the molecule is Fc1cc(C[C@@H](F)c2ccccc2)ccc1C=Cc1ccc(Cl)cc1. The van der Waals surface area contributed by atoms with Crippen LogP contribution in [0.2, 0.25) is 5.02 Å². The highest BCUT2D eigenvalue weighted by atomic mass is 35.5. The van der Waals surface area contributed by atoms with Crippen molar-refractivity contribution in [3.63, 3.8) is 0 Å². The van der Waals surface area contributed by atoms with Crippen LogP contribution in [-0.4, -0.2) is 0 Å². The van der Waals surface area contributed by atoms with Crippen molar-refractivity contribution >= 4 is 23.8 Å². The van der Waals surface area contributed by atoms with E-state index in [1.165, 1.54) is 6.07 Å². The molecule has 0 N–H and O–H groups in total. The first-order chi connectivity index (χ1) is 12.1. The Labute approximate surface area is 151 Å². The molecule has 0 bridgehead atoms. The molecule has 126 valence electrons. The predicted octanol–water partition coefficient (Wildman–Crippen LogP) is 6.90. The average molecular weight is 355 g/mol. The molecule has 0 saturated heterocycles. The maximum Gasteiger partial charge on any atom is 0.130 e. The van der Waals surface area contributed by atoms with Crippen LogP contribution in [0.3, 0.4) is 0 Å². The number of hydrogen-bond acceptors (Lipinski definition) is 0. The minimum absolute atomic E-state index is 0.155. The Morgan fingerprint density at radius 2 is 1.60 bits per heavy atom. The van der Waals surface area contributed by atoms with Crippen molar-refractivity contribution in [1.82, 2.24) is 0 Å². The van der Waals surface area contributed by atoms with Crippen molar-refractivity contribution in [3.05, 3.63) is 106 Å². The van der Waals surface area contributed by atoms with Gasteiger partial charge < -0.3 is 0 Å². The minimum atomic E-state index is -1.14. The molecule has 0 spiro atoms. The molecule has 3 rings (SSSR count). The Bertz CT molecular complexity index is 855. The molecule has 3 aromatic carbocycles. The summed E-state index contributed by atoms with van der Waals surface area (Å²) in [5.41, 5.74) is 2.64. The fourth-order valence-electron chi connectivity index (χ4n) is 2.58. The zero-order chi connectivity index (χ0) is 17.6. The molecular formula is C22H17ClF2. The van der Waals surface area contributed by atoms with Gasteiger partial charge in [0.25, 0.3) is 0 Å². The Hall–Kier alpha value is -2.45. The summed E-state index contributed by atoms with van der Waals surface area (Å²) in [5.74, 6) is -0.358. The fraction of sp³-hybridized carbons (Fsp3) is 0.0909. The molecule has 0 unspecified atom stereocenters. The molecule has 0 heterocycles. The summed E-state index contributed by atoms with van der Waals surface area (Å²) in [6.45, 7) is 0. The number of halogens is 3. The van der Waals surface area contributed by atoms with Crippen molar-refractivity contribution in [2.24, 2.45) is 0 Å². The van der Waals surface area contributed by atoms with E-state index < -0.39 is 6.17 Å². The highest BCUT2D eigenvalue weighted by molar-refractivity contribution is 6.30. The molecule has 3 heteroatoms. The van der Waals surface area contributed by atoms with Crippen LogP contribution in [-0.2, 0) is 6.42 Å². The first kappa shape index (κ1) is 17.4. The fourth-order valence-corrected chi connectivity index (χ4v) is 2.71. The van der Waals surface area contributed by atoms with Crippen LogP contribution in [0.1, 0.15) is 28.4 Å². The van der Waals surface area contributed by atoms with Crippen LogP contribution in [0, 0.1) is 5.82 Å². The molecule has 0 fully saturated rings. The summed E-state index contributed by atoms with van der Waals surface area (Å²) in [6, 6.07) is 21.0. The van der Waals surface area contributed by atoms with E-state index in [0.717, 1.165) is 5.56 Å². The van der Waals surface area contributed by atoms with Crippen molar-refractivity contribution in [3.8, 4) is 0 Å². The molecule has 3 aromatic rings. The zero-order valence-corrected chi connectivity index (χ0v) is 14.3. The number of alkyl halides is 1. The third-order valence-corrected chi connectivity index (χ3v) is 4.22. The molecule has 0 aliphatic carbocycles. The van der Waals surface area contributed by atoms with Gasteiger partial charge in [-0.05, 0) is 34.9 Å². The second-order valence-corrected chi connectivity index (χ2v) is 6.26. The number of benzene rings is 3. The van der Waals surface area contributed by atoms with Crippen LogP contribution in [0.25, 0.3) is 12.2 Å². The third-order valence-electron chi connectivity index (χ3n) is 3.97. The first-order valence-electron chi connectivity index (χ1n) is 8.03. The summed E-state index contributed by atoms with van der Waals surface area (Å²) >= 11 is 5.84. The minimum Gasteiger partial charge on any atom is -0.242 e. The Morgan fingerprint density at radius 3 is 2.28 bits per heavy atom. The maximum atomic E-state index is 14.3. The van der Waals surface area contributed by atoms with Gasteiger partial charge >= 0.3 is 0 Å². The number of hydrogen-bond donors (Lipinski definition) is 0. The predicted molar refractivity (Wildman–Crippen MR) is 101 cm³/mol. The zero-order valence-electron chi connectivity index (χ0n) is 13.5. The van der Waals surface area contributed by atoms with Gasteiger partial charge in [-0.3, -0.25) is 0 Å². The van der Waals surface area contributed by atoms with E-state index >= 15 is 0 Å². The van der Waals surface area contributed by atoms with E-state index in [4.69, 9.17) is 11.6 Å². The molecule has 0 nitrogen and oxygen atoms in total. The van der Waals surface area contributed by atoms with Crippen molar-refractivity contribution in [2.75, 3.05) is 0 Å². The van der Waals surface area contributed by atoms with Gasteiger partial charge in [0.1, 0.15) is 12.0 Å². The highest BCUT2D eigenvalue weighted by Gasteiger charge is 2.11. The van der Waals surface area contributed by atoms with Gasteiger partial charge in [-0.2, -0.15) is 0 Å². The van der Waals surface area contributed by atoms with Gasteiger partial charge in [-0.15, -0.1) is 0 Å². The lowest BCUT2D eigenvalue weighted by Gasteiger charge is -2.09. The van der Waals surface area contributed by atoms with Crippen LogP contribution in [0.5, 0.6) is 0 Å². The smallest absolute Gasteiger partial charge is 0.130 e. The Balaban J connectivity index is 1.71. The lowest BCUT2D eigenvalue weighted by atomic mass is 10.0. The molecular weight excluding hydrogens is 338 g/mol. The molecule has 1 atom stereocenters. The normalized spacial score (nSPS) is 12.4. The second-order valence-electron chi connectivity index (χ2n) is 5.82. The molecule has 0 saturated carbocycles. The van der Waals surface area contributed by atoms with Gasteiger partial charge in [0, 0.05) is 17.0 Å². The summed E-state index contributed by atoms with van der Waals surface area (Å²) in [4.78, 5) is 0. The summed E-state index contributed by atoms with van der Waals surface area (Å²) in [6.07, 6.45) is 2.53. The van der Waals surface area contributed by atoms with Gasteiger partial charge in [0.05, 0.1) is 0 Å². The van der Waals surface area contributed by atoms with E-state index in [9.17, 15) is 8.78 Å². The summed E-state index contributed by atoms with van der Waals surface area (Å²) < 4.78 is 28.6. The molecule has 0 amide bonds. The van der Waals surface area contributed by atoms with Gasteiger partial charge in [0.2, 0.25) is 0 Å². The molecule has 0 aliphatic rings. The lowest BCUT2D eigenvalue weighted by Crippen LogP contribution is -1.98. The van der Waals surface area contributed by atoms with Gasteiger partial charge in [-0.25, -0.2) is 8.78 Å². The van der Waals surface area contributed by atoms with Crippen LogP contribution in [0.15, 0.2) is 72.8 Å². The second kappa shape index (κ2) is 8.09. The van der Waals surface area contributed by atoms with Crippen LogP contribution >= 0.6 is 11.6 Å². The first-order valence-corrected chi connectivity index (χ1v) is 8.41. The average Bonchev–Trinajstić information content (AvgIpc) is 2.63. The quantitative estimate of drug-likeness (QED) is 0.437. The molecule has 0 aromatic heterocycles. The number of rotatable bonds is 5. The molecule has 0 aliphatic heterocycles. The Morgan fingerprint density at radius 1 is 0.880 bits per heavy atom. The van der Waals surface area contributed by atoms with Crippen LogP contribution < -0.4 is 0 Å². The van der Waals surface area contributed by atoms with Crippen molar-refractivity contribution in [2.45, 2.75) is 12.6 Å². The van der Waals surface area contributed by atoms with E-state index in [-0.39, 0.29) is 12.2 Å². The molecule has 0 radical (unpaired) electrons. The highest BCUT2D eigenvalue weighted by Crippen LogP contribution is 2.24. The topological polar surface area (TPSA) is 0 Å². The Kier molecular flexibility index (Phi) is 5.62. The van der Waals surface area contributed by atoms with Gasteiger partial charge in [-0.1, -0.05) is 78.4 Å². The standard InChI is InChI=1S/C22H17ClF2/c23-20-12-8-16(9-13-20)6-10-19-11-7-17(15-22(19)25)14-21(24)18-4-2-1-3-5-18/h1-13,15,21H,14H2/t21-/m1/s1. The molecule has 25 heavy (non-hydrogen) atoms. The van der Waals surface area contributed by atoms with E-state index in [0.29, 0.717) is 21.7 Å². The summed E-state index contributed by atoms with van der Waals surface area (Å²) in [7, 11) is 0. The van der Waals surface area contributed by atoms with E-state index in [2.05, 4.69) is 0 Å². The monoisotopic (exact) mass is 354 g/mol. The maximum absolute atomic E-state index is 14.3. The van der Waals surface area contributed by atoms with E-state index in [1.807, 2.05) is 24.3 Å². The van der Waals surface area contributed by atoms with Crippen LogP contribution in [0.4, 0.5) is 8.78 Å². The lowest BCUT2D eigenvalue weighted by molar-refractivity contribution is 0.342. The van der Waals surface area contributed by atoms with Gasteiger partial charge in [0.15, 0.2) is 0 Å². The van der Waals surface area contributed by atoms with Crippen molar-refractivity contribution < 1.29 is 8.78 Å². The summed E-state index contributed by atoms with van der Waals surface area (Å²) in [5, 5.41) is 0.659. The van der Waals surface area contributed by atoms with E-state index in [1.54, 1.807) is 54.6 Å². The largest absolute Gasteiger partial charge is 0.242 e. The third kappa shape index (κ3) is 4.77.